The van der Waals surface area contributed by atoms with Crippen LogP contribution in [-0.2, 0) is 19.1 Å². The minimum absolute atomic E-state index is 0.0860. The number of hydrogen-bond acceptors (Lipinski definition) is 11. The van der Waals surface area contributed by atoms with Crippen LogP contribution in [0.3, 0.4) is 0 Å². The Morgan fingerprint density at radius 1 is 0.708 bits per heavy atom. The molecule has 0 atom stereocenters. The first kappa shape index (κ1) is 35.6. The van der Waals surface area contributed by atoms with Crippen LogP contribution in [0.1, 0.15) is 20.8 Å². The largest absolute Gasteiger partial charge is 0.394 e. The van der Waals surface area contributed by atoms with Crippen molar-refractivity contribution in [1.82, 2.24) is 29.9 Å². The summed E-state index contributed by atoms with van der Waals surface area (Å²) in [7, 11) is 3.56. The van der Waals surface area contributed by atoms with Gasteiger partial charge in [0.25, 0.3) is 0 Å². The topological polar surface area (TPSA) is 153 Å². The van der Waals surface area contributed by atoms with E-state index in [-0.39, 0.29) is 5.91 Å². The van der Waals surface area contributed by atoms with Gasteiger partial charge in [-0.25, -0.2) is 19.9 Å². The molecule has 48 heavy (non-hydrogen) atoms. The molecule has 0 spiro atoms. The van der Waals surface area contributed by atoms with Crippen LogP contribution in [0.25, 0.3) is 44.6 Å². The molecule has 12 nitrogen and oxygen atoms in total. The Kier molecular flexibility index (Phi) is 12.3. The molecular weight excluding hydrogens is 744 g/mol. The minimum atomic E-state index is -0.562. The second-order valence-corrected chi connectivity index (χ2v) is 11.8. The Balaban J connectivity index is 0.000000183. The number of halogens is 2. The van der Waals surface area contributed by atoms with E-state index in [0.29, 0.717) is 17.5 Å². The van der Waals surface area contributed by atoms with Crippen LogP contribution in [-0.4, -0.2) is 61.8 Å². The molecule has 2 aromatic carbocycles. The van der Waals surface area contributed by atoms with Crippen molar-refractivity contribution in [2.75, 3.05) is 24.3 Å². The zero-order valence-electron chi connectivity index (χ0n) is 26.6. The zero-order valence-corrected chi connectivity index (χ0v) is 29.8. The summed E-state index contributed by atoms with van der Waals surface area (Å²) in [4.78, 5) is 59.4. The zero-order chi connectivity index (χ0) is 34.8. The number of fused-ring (bicyclic) bond motifs is 2. The fraction of sp³-hybridized carbons (Fsp3) is 0.147. The molecule has 0 bridgehead atoms. The van der Waals surface area contributed by atoms with E-state index in [2.05, 4.69) is 71.8 Å². The molecule has 0 saturated heterocycles. The van der Waals surface area contributed by atoms with Crippen LogP contribution in [0.5, 0.6) is 0 Å². The number of rotatable bonds is 4. The van der Waals surface area contributed by atoms with E-state index in [1.807, 2.05) is 67.7 Å². The quantitative estimate of drug-likeness (QED) is 0.145. The highest BCUT2D eigenvalue weighted by Gasteiger charge is 2.16. The number of carbonyl (C=O) groups is 3. The van der Waals surface area contributed by atoms with Gasteiger partial charge in [0.1, 0.15) is 11.6 Å². The summed E-state index contributed by atoms with van der Waals surface area (Å²) in [5, 5.41) is 4.92. The molecule has 14 heteroatoms. The molecule has 0 unspecified atom stereocenters. The maximum absolute atomic E-state index is 11.8. The standard InChI is InChI=1S/C16H13BrN4O.C14H11BrN4.C4H6O3/c1-10(22)21(2)16-13-8-12(17)5-6-14(13)19-15(20-16)11-4-3-7-18-9-11;1-16-14-11-7-10(15)4-5-12(11)18-13(19-14)9-3-2-6-17-8-9;1-3(5)7-4(2)6/h3-9H,1-2H3;2-8H,1H3,(H,16,18,19);1-2H3. The number of anilines is 2. The van der Waals surface area contributed by atoms with Gasteiger partial charge in [0, 0.05) is 90.5 Å². The lowest BCUT2D eigenvalue weighted by Crippen LogP contribution is -2.24. The van der Waals surface area contributed by atoms with Crippen LogP contribution in [0.2, 0.25) is 0 Å². The number of hydrogen-bond donors (Lipinski definition) is 1. The van der Waals surface area contributed by atoms with Crippen LogP contribution in [0, 0.1) is 0 Å². The SMILES string of the molecule is CC(=O)N(C)c1nc(-c2cccnc2)nc2ccc(Br)cc12.CC(=O)OC(C)=O.CNc1nc(-c2cccnc2)nc2ccc(Br)cc12. The first-order chi connectivity index (χ1) is 23.0. The van der Waals surface area contributed by atoms with E-state index in [1.54, 1.807) is 31.8 Å². The van der Waals surface area contributed by atoms with Crippen molar-refractivity contribution in [2.24, 2.45) is 0 Å². The average molecular weight is 774 g/mol. The summed E-state index contributed by atoms with van der Waals surface area (Å²) in [5.74, 6) is 1.40. The lowest BCUT2D eigenvalue weighted by Gasteiger charge is -2.17. The number of aromatic nitrogens is 6. The van der Waals surface area contributed by atoms with E-state index < -0.39 is 11.9 Å². The number of ether oxygens (including phenoxy) is 1. The van der Waals surface area contributed by atoms with Gasteiger partial charge in [-0.3, -0.25) is 29.3 Å². The third-order valence-electron chi connectivity index (χ3n) is 6.45. The lowest BCUT2D eigenvalue weighted by molar-refractivity contribution is -0.156. The molecule has 6 rings (SSSR count). The smallest absolute Gasteiger partial charge is 0.310 e. The number of esters is 2. The van der Waals surface area contributed by atoms with E-state index in [1.165, 1.54) is 25.7 Å². The highest BCUT2D eigenvalue weighted by Crippen LogP contribution is 2.29. The van der Waals surface area contributed by atoms with E-state index in [9.17, 15) is 14.4 Å². The van der Waals surface area contributed by atoms with E-state index in [4.69, 9.17) is 0 Å². The summed E-state index contributed by atoms with van der Waals surface area (Å²) < 4.78 is 5.89. The summed E-state index contributed by atoms with van der Waals surface area (Å²) in [6, 6.07) is 19.2. The summed E-state index contributed by atoms with van der Waals surface area (Å²) in [5.41, 5.74) is 3.40. The van der Waals surface area contributed by atoms with E-state index in [0.717, 1.165) is 47.7 Å². The first-order valence-electron chi connectivity index (χ1n) is 14.3. The van der Waals surface area contributed by atoms with Gasteiger partial charge in [0.2, 0.25) is 5.91 Å². The normalized spacial score (nSPS) is 10.2. The maximum atomic E-state index is 11.8. The molecule has 0 radical (unpaired) electrons. The van der Waals surface area contributed by atoms with Gasteiger partial charge < -0.3 is 10.1 Å². The Morgan fingerprint density at radius 3 is 1.65 bits per heavy atom. The van der Waals surface area contributed by atoms with Crippen molar-refractivity contribution in [3.05, 3.63) is 94.4 Å². The number of pyridine rings is 2. The number of nitrogens with one attached hydrogen (secondary N) is 1. The molecule has 1 amide bonds. The van der Waals surface area contributed by atoms with Crippen LogP contribution in [0.4, 0.5) is 11.6 Å². The summed E-state index contributed by atoms with van der Waals surface area (Å²) in [6.07, 6.45) is 6.90. The van der Waals surface area contributed by atoms with Crippen LogP contribution >= 0.6 is 31.9 Å². The molecule has 4 aromatic heterocycles. The van der Waals surface area contributed by atoms with Gasteiger partial charge >= 0.3 is 11.9 Å². The van der Waals surface area contributed by atoms with Gasteiger partial charge in [-0.1, -0.05) is 31.9 Å². The highest BCUT2D eigenvalue weighted by molar-refractivity contribution is 9.10. The second-order valence-electron chi connectivity index (χ2n) is 9.99. The molecule has 0 saturated carbocycles. The number of amides is 1. The van der Waals surface area contributed by atoms with Gasteiger partial charge in [0.05, 0.1) is 11.0 Å². The van der Waals surface area contributed by atoms with Crippen LogP contribution in [0.15, 0.2) is 94.4 Å². The number of carbonyl (C=O) groups excluding carboxylic acids is 3. The Bertz CT molecular complexity index is 2070. The maximum Gasteiger partial charge on any atom is 0.310 e. The fourth-order valence-corrected chi connectivity index (χ4v) is 4.95. The number of nitrogens with zero attached hydrogens (tertiary/aromatic N) is 7. The van der Waals surface area contributed by atoms with Gasteiger partial charge in [0.15, 0.2) is 11.6 Å². The second kappa shape index (κ2) is 16.6. The molecule has 6 aromatic rings. The molecular formula is C34H30Br2N8O4. The predicted octanol–water partition coefficient (Wildman–Crippen LogP) is 7.03. The third kappa shape index (κ3) is 9.42. The molecule has 0 fully saturated rings. The molecule has 0 aliphatic carbocycles. The van der Waals surface area contributed by atoms with Crippen molar-refractivity contribution < 1.29 is 19.1 Å². The molecule has 4 heterocycles. The summed E-state index contributed by atoms with van der Waals surface area (Å²) in [6.45, 7) is 3.87. The third-order valence-corrected chi connectivity index (χ3v) is 7.44. The monoisotopic (exact) mass is 772 g/mol. The Hall–Kier alpha value is -5.21. The Morgan fingerprint density at radius 2 is 1.21 bits per heavy atom. The van der Waals surface area contributed by atoms with Crippen LogP contribution < -0.4 is 10.2 Å². The fourth-order valence-electron chi connectivity index (χ4n) is 4.23. The van der Waals surface area contributed by atoms with Crippen molar-refractivity contribution in [2.45, 2.75) is 20.8 Å². The molecule has 244 valence electrons. The van der Waals surface area contributed by atoms with Gasteiger partial charge in [-0.2, -0.15) is 0 Å². The molecule has 0 aliphatic heterocycles. The minimum Gasteiger partial charge on any atom is -0.394 e. The van der Waals surface area contributed by atoms with Crippen molar-refractivity contribution >= 4 is 83.1 Å². The van der Waals surface area contributed by atoms with Gasteiger partial charge in [-0.15, -0.1) is 0 Å². The highest BCUT2D eigenvalue weighted by atomic mass is 79.9. The van der Waals surface area contributed by atoms with Crippen molar-refractivity contribution in [3.63, 3.8) is 0 Å². The predicted molar refractivity (Wildman–Crippen MR) is 192 cm³/mol. The number of benzene rings is 2. The van der Waals surface area contributed by atoms with Gasteiger partial charge in [-0.05, 0) is 60.7 Å². The average Bonchev–Trinajstić information content (AvgIpc) is 3.07. The van der Waals surface area contributed by atoms with E-state index >= 15 is 0 Å². The molecule has 0 aliphatic rings. The lowest BCUT2D eigenvalue weighted by atomic mass is 10.2. The first-order valence-corrected chi connectivity index (χ1v) is 15.9. The molecule has 1 N–H and O–H groups in total. The van der Waals surface area contributed by atoms with Crippen molar-refractivity contribution in [3.8, 4) is 22.8 Å². The van der Waals surface area contributed by atoms with Crippen molar-refractivity contribution in [1.29, 1.82) is 0 Å². The summed E-state index contributed by atoms with van der Waals surface area (Å²) >= 11 is 6.91. The Labute approximate surface area is 293 Å².